The first-order valence-corrected chi connectivity index (χ1v) is 8.72. The molecule has 2 rings (SSSR count). The van der Waals surface area contributed by atoms with Crippen LogP contribution in [0.3, 0.4) is 0 Å². The summed E-state index contributed by atoms with van der Waals surface area (Å²) in [5, 5.41) is 2.63. The van der Waals surface area contributed by atoms with Gasteiger partial charge in [0.15, 0.2) is 0 Å². The molecule has 6 nitrogen and oxygen atoms in total. The van der Waals surface area contributed by atoms with E-state index in [1.54, 1.807) is 0 Å². The Balaban J connectivity index is 2.17. The van der Waals surface area contributed by atoms with Crippen molar-refractivity contribution >= 4 is 15.9 Å². The molecule has 1 aliphatic rings. The summed E-state index contributed by atoms with van der Waals surface area (Å²) in [6, 6.07) is 2.16. The Morgan fingerprint density at radius 3 is 2.57 bits per heavy atom. The highest BCUT2D eigenvalue weighted by Gasteiger charge is 2.33. The quantitative estimate of drug-likeness (QED) is 0.808. The highest BCUT2D eigenvalue weighted by Crippen LogP contribution is 2.25. The normalized spacial score (nSPS) is 19.5. The number of amides is 1. The van der Waals surface area contributed by atoms with Crippen molar-refractivity contribution in [3.63, 3.8) is 0 Å². The lowest BCUT2D eigenvalue weighted by Gasteiger charge is -2.31. The van der Waals surface area contributed by atoms with Crippen molar-refractivity contribution in [3.8, 4) is 0 Å². The molecule has 1 aromatic carbocycles. The van der Waals surface area contributed by atoms with Crippen LogP contribution in [0, 0.1) is 17.6 Å². The summed E-state index contributed by atoms with van der Waals surface area (Å²) < 4.78 is 52.7. The number of benzene rings is 1. The standard InChI is InChI=1S/C14H19F2N3O3S/c15-11-6-12(16)8-13(7-11)23(21,22)19-5-1-2-10(9-19)14(20)18-4-3-17/h6-8,10H,1-5,9,17H2,(H,18,20). The lowest BCUT2D eigenvalue weighted by molar-refractivity contribution is -0.126. The molecular formula is C14H19F2N3O3S. The lowest BCUT2D eigenvalue weighted by atomic mass is 9.99. The molecule has 1 saturated heterocycles. The highest BCUT2D eigenvalue weighted by molar-refractivity contribution is 7.89. The Kier molecular flexibility index (Phi) is 5.66. The van der Waals surface area contributed by atoms with Crippen LogP contribution in [0.15, 0.2) is 23.1 Å². The van der Waals surface area contributed by atoms with Gasteiger partial charge in [-0.25, -0.2) is 17.2 Å². The van der Waals surface area contributed by atoms with Gasteiger partial charge in [-0.05, 0) is 25.0 Å². The monoisotopic (exact) mass is 347 g/mol. The summed E-state index contributed by atoms with van der Waals surface area (Å²) in [5.74, 6) is -2.68. The molecule has 9 heteroatoms. The maximum atomic E-state index is 13.3. The molecule has 0 aromatic heterocycles. The number of nitrogens with one attached hydrogen (secondary N) is 1. The van der Waals surface area contributed by atoms with Crippen LogP contribution in [0.25, 0.3) is 0 Å². The lowest BCUT2D eigenvalue weighted by Crippen LogP contribution is -2.46. The van der Waals surface area contributed by atoms with Gasteiger partial charge in [0.05, 0.1) is 10.8 Å². The summed E-state index contributed by atoms with van der Waals surface area (Å²) in [4.78, 5) is 11.5. The second kappa shape index (κ2) is 7.33. The summed E-state index contributed by atoms with van der Waals surface area (Å²) in [6.45, 7) is 0.804. The van der Waals surface area contributed by atoms with E-state index in [-0.39, 0.29) is 19.0 Å². The predicted molar refractivity (Wildman–Crippen MR) is 79.9 cm³/mol. The molecule has 1 fully saturated rings. The summed E-state index contributed by atoms with van der Waals surface area (Å²) >= 11 is 0. The summed E-state index contributed by atoms with van der Waals surface area (Å²) in [6.07, 6.45) is 1.05. The van der Waals surface area contributed by atoms with E-state index in [0.29, 0.717) is 32.0 Å². The van der Waals surface area contributed by atoms with Crippen molar-refractivity contribution < 1.29 is 22.0 Å². The third-order valence-corrected chi connectivity index (χ3v) is 5.52. The Bertz CT molecular complexity index is 662. The molecular weight excluding hydrogens is 328 g/mol. The number of carbonyl (C=O) groups is 1. The molecule has 128 valence electrons. The van der Waals surface area contributed by atoms with Gasteiger partial charge >= 0.3 is 0 Å². The van der Waals surface area contributed by atoms with Crippen LogP contribution < -0.4 is 11.1 Å². The number of piperidine rings is 1. The predicted octanol–water partition coefficient (Wildman–Crippen LogP) is 0.440. The van der Waals surface area contributed by atoms with Gasteiger partial charge in [0.2, 0.25) is 15.9 Å². The molecule has 0 bridgehead atoms. The van der Waals surface area contributed by atoms with Crippen LogP contribution in [0.2, 0.25) is 0 Å². The van der Waals surface area contributed by atoms with Crippen molar-refractivity contribution in [3.05, 3.63) is 29.8 Å². The molecule has 0 saturated carbocycles. The first kappa shape index (κ1) is 17.8. The molecule has 1 aromatic rings. The number of halogens is 2. The van der Waals surface area contributed by atoms with E-state index in [1.807, 2.05) is 0 Å². The molecule has 23 heavy (non-hydrogen) atoms. The Hall–Kier alpha value is -1.58. The number of nitrogens with zero attached hydrogens (tertiary/aromatic N) is 1. The number of carbonyl (C=O) groups excluding carboxylic acids is 1. The Morgan fingerprint density at radius 1 is 1.30 bits per heavy atom. The van der Waals surface area contributed by atoms with Crippen LogP contribution in [0.5, 0.6) is 0 Å². The average molecular weight is 347 g/mol. The van der Waals surface area contributed by atoms with E-state index in [2.05, 4.69) is 5.32 Å². The van der Waals surface area contributed by atoms with Crippen LogP contribution in [0.4, 0.5) is 8.78 Å². The molecule has 1 heterocycles. The van der Waals surface area contributed by atoms with Gasteiger partial charge in [-0.1, -0.05) is 0 Å². The third kappa shape index (κ3) is 4.24. The van der Waals surface area contributed by atoms with Gasteiger partial charge < -0.3 is 11.1 Å². The van der Waals surface area contributed by atoms with E-state index < -0.39 is 32.5 Å². The maximum absolute atomic E-state index is 13.3. The zero-order valence-electron chi connectivity index (χ0n) is 12.5. The number of hydrogen-bond donors (Lipinski definition) is 2. The van der Waals surface area contributed by atoms with Crippen molar-refractivity contribution in [2.24, 2.45) is 11.7 Å². The Morgan fingerprint density at radius 2 is 1.96 bits per heavy atom. The minimum Gasteiger partial charge on any atom is -0.355 e. The second-order valence-corrected chi connectivity index (χ2v) is 7.32. The highest BCUT2D eigenvalue weighted by atomic mass is 32.2. The van der Waals surface area contributed by atoms with E-state index in [1.165, 1.54) is 0 Å². The van der Waals surface area contributed by atoms with Crippen LogP contribution in [-0.2, 0) is 14.8 Å². The molecule has 1 unspecified atom stereocenters. The minimum atomic E-state index is -4.05. The fraction of sp³-hybridized carbons (Fsp3) is 0.500. The van der Waals surface area contributed by atoms with Crippen LogP contribution >= 0.6 is 0 Å². The number of rotatable bonds is 5. The average Bonchev–Trinajstić information content (AvgIpc) is 2.51. The summed E-state index contributed by atoms with van der Waals surface area (Å²) in [5.41, 5.74) is 5.32. The molecule has 0 aliphatic carbocycles. The van der Waals surface area contributed by atoms with E-state index >= 15 is 0 Å². The molecule has 3 N–H and O–H groups in total. The largest absolute Gasteiger partial charge is 0.355 e. The van der Waals surface area contributed by atoms with Gasteiger partial charge in [0.25, 0.3) is 0 Å². The maximum Gasteiger partial charge on any atom is 0.243 e. The zero-order chi connectivity index (χ0) is 17.0. The van der Waals surface area contributed by atoms with Crippen molar-refractivity contribution in [1.82, 2.24) is 9.62 Å². The van der Waals surface area contributed by atoms with Gasteiger partial charge in [-0.3, -0.25) is 4.79 Å². The van der Waals surface area contributed by atoms with Crippen LogP contribution in [-0.4, -0.2) is 44.8 Å². The SMILES string of the molecule is NCCNC(=O)C1CCCN(S(=O)(=O)c2cc(F)cc(F)c2)C1. The first-order chi connectivity index (χ1) is 10.8. The molecule has 1 atom stereocenters. The van der Waals surface area contributed by atoms with Crippen molar-refractivity contribution in [2.45, 2.75) is 17.7 Å². The minimum absolute atomic E-state index is 0.0170. The third-order valence-electron chi connectivity index (χ3n) is 3.67. The van der Waals surface area contributed by atoms with Gasteiger partial charge in [0, 0.05) is 32.2 Å². The summed E-state index contributed by atoms with van der Waals surface area (Å²) in [7, 11) is -4.05. The number of hydrogen-bond acceptors (Lipinski definition) is 4. The number of nitrogens with two attached hydrogens (primary N) is 1. The molecule has 0 spiro atoms. The van der Waals surface area contributed by atoms with Gasteiger partial charge in [-0.2, -0.15) is 4.31 Å². The molecule has 1 aliphatic heterocycles. The van der Waals surface area contributed by atoms with Crippen LogP contribution in [0.1, 0.15) is 12.8 Å². The van der Waals surface area contributed by atoms with E-state index in [9.17, 15) is 22.0 Å². The van der Waals surface area contributed by atoms with Crippen molar-refractivity contribution in [2.75, 3.05) is 26.2 Å². The van der Waals surface area contributed by atoms with E-state index in [0.717, 1.165) is 16.4 Å². The van der Waals surface area contributed by atoms with Crippen molar-refractivity contribution in [1.29, 1.82) is 0 Å². The zero-order valence-corrected chi connectivity index (χ0v) is 13.3. The first-order valence-electron chi connectivity index (χ1n) is 7.28. The fourth-order valence-electron chi connectivity index (χ4n) is 2.54. The number of sulfonamides is 1. The second-order valence-electron chi connectivity index (χ2n) is 5.39. The topological polar surface area (TPSA) is 92.5 Å². The smallest absolute Gasteiger partial charge is 0.243 e. The Labute approximate surface area is 133 Å². The molecule has 1 amide bonds. The molecule has 0 radical (unpaired) electrons. The van der Waals surface area contributed by atoms with Gasteiger partial charge in [-0.15, -0.1) is 0 Å². The van der Waals surface area contributed by atoms with Gasteiger partial charge in [0.1, 0.15) is 11.6 Å². The van der Waals surface area contributed by atoms with E-state index in [4.69, 9.17) is 5.73 Å². The fourth-order valence-corrected chi connectivity index (χ4v) is 4.11.